The highest BCUT2D eigenvalue weighted by molar-refractivity contribution is 14.1. The highest BCUT2D eigenvalue weighted by Gasteiger charge is 2.43. The molecule has 1 fully saturated rings. The largest absolute Gasteiger partial charge is 0.394 e. The fraction of sp³-hybridized carbons (Fsp3) is 0.500. The Labute approximate surface area is 111 Å². The van der Waals surface area contributed by atoms with Gasteiger partial charge in [0.2, 0.25) is 0 Å². The lowest BCUT2D eigenvalue weighted by Gasteiger charge is -2.17. The molecule has 0 spiro atoms. The van der Waals surface area contributed by atoms with Crippen LogP contribution < -0.4 is 0 Å². The number of nitrogens with zero attached hydrogens (tertiary/aromatic N) is 1. The van der Waals surface area contributed by atoms with Gasteiger partial charge in [0.1, 0.15) is 18.3 Å². The van der Waals surface area contributed by atoms with Gasteiger partial charge in [-0.25, -0.2) is 0 Å². The van der Waals surface area contributed by atoms with E-state index in [9.17, 15) is 15.0 Å². The number of ether oxygens (including phenoxy) is 1. The van der Waals surface area contributed by atoms with Crippen LogP contribution >= 0.6 is 22.6 Å². The van der Waals surface area contributed by atoms with Crippen LogP contribution in [0.1, 0.15) is 16.7 Å². The number of carbonyl (C=O) groups excluding carboxylic acids is 1. The number of hydrogen-bond donors (Lipinski definition) is 3. The number of aromatic nitrogens is 1. The van der Waals surface area contributed by atoms with E-state index in [-0.39, 0.29) is 6.61 Å². The summed E-state index contributed by atoms with van der Waals surface area (Å²) in [6, 6.07) is 1.64. The Kier molecular flexibility index (Phi) is 3.83. The zero-order chi connectivity index (χ0) is 12.6. The number of aldehydes is 1. The molecule has 0 radical (unpaired) electrons. The van der Waals surface area contributed by atoms with Gasteiger partial charge in [-0.3, -0.25) is 4.79 Å². The Bertz CT molecular complexity index is 421. The maximum absolute atomic E-state index is 10.9. The van der Waals surface area contributed by atoms with Crippen LogP contribution in [0.25, 0.3) is 0 Å². The van der Waals surface area contributed by atoms with Crippen molar-refractivity contribution in [1.29, 1.82) is 0 Å². The van der Waals surface area contributed by atoms with E-state index in [0.29, 0.717) is 12.0 Å². The third-order valence-corrected chi connectivity index (χ3v) is 3.35. The van der Waals surface area contributed by atoms with Crippen molar-refractivity contribution >= 4 is 28.9 Å². The monoisotopic (exact) mass is 353 g/mol. The van der Waals surface area contributed by atoms with E-state index in [1.165, 1.54) is 4.57 Å². The molecule has 2 rings (SSSR count). The van der Waals surface area contributed by atoms with Crippen LogP contribution in [-0.2, 0) is 4.74 Å². The van der Waals surface area contributed by atoms with Crippen molar-refractivity contribution in [2.45, 2.75) is 24.5 Å². The minimum Gasteiger partial charge on any atom is -0.394 e. The predicted molar refractivity (Wildman–Crippen MR) is 65.5 cm³/mol. The molecular weight excluding hydrogens is 341 g/mol. The first-order chi connectivity index (χ1) is 8.08. The zero-order valence-corrected chi connectivity index (χ0v) is 10.9. The van der Waals surface area contributed by atoms with Crippen LogP contribution in [0.2, 0.25) is 0 Å². The quantitative estimate of drug-likeness (QED) is 0.504. The standard InChI is InChI=1S/C10H12INO5/c11-5-1-6(3-13)12(2-5)10-9(16)8(15)7(4-14)17-10/h1-3,7-10,14-16H,4H2. The molecule has 6 nitrogen and oxygen atoms in total. The number of halogens is 1. The maximum Gasteiger partial charge on any atom is 0.166 e. The predicted octanol–water partition coefficient (Wildman–Crippen LogP) is -0.483. The Balaban J connectivity index is 2.31. The zero-order valence-electron chi connectivity index (χ0n) is 8.73. The number of rotatable bonds is 3. The van der Waals surface area contributed by atoms with Gasteiger partial charge in [-0.1, -0.05) is 0 Å². The third kappa shape index (κ3) is 2.25. The molecule has 1 aromatic rings. The molecule has 4 atom stereocenters. The van der Waals surface area contributed by atoms with E-state index >= 15 is 0 Å². The minimum absolute atomic E-state index is 0.351. The average Bonchev–Trinajstić information content (AvgIpc) is 2.82. The molecule has 0 bridgehead atoms. The molecule has 17 heavy (non-hydrogen) atoms. The summed E-state index contributed by atoms with van der Waals surface area (Å²) in [5, 5.41) is 28.4. The van der Waals surface area contributed by atoms with Gasteiger partial charge in [0, 0.05) is 9.77 Å². The summed E-state index contributed by atoms with van der Waals surface area (Å²) in [5.74, 6) is 0. The second kappa shape index (κ2) is 5.02. The van der Waals surface area contributed by atoms with Crippen LogP contribution in [0.5, 0.6) is 0 Å². The number of aliphatic hydroxyl groups excluding tert-OH is 3. The van der Waals surface area contributed by atoms with E-state index < -0.39 is 24.5 Å². The number of carbonyl (C=O) groups is 1. The maximum atomic E-state index is 10.9. The van der Waals surface area contributed by atoms with Gasteiger partial charge >= 0.3 is 0 Å². The van der Waals surface area contributed by atoms with Crippen molar-refractivity contribution < 1.29 is 24.9 Å². The summed E-state index contributed by atoms with van der Waals surface area (Å²) in [7, 11) is 0. The first-order valence-electron chi connectivity index (χ1n) is 5.03. The number of hydrogen-bond acceptors (Lipinski definition) is 5. The molecule has 1 aliphatic rings. The molecule has 0 aromatic carbocycles. The lowest BCUT2D eigenvalue weighted by atomic mass is 10.1. The fourth-order valence-corrected chi connectivity index (χ4v) is 2.50. The molecule has 1 aromatic heterocycles. The lowest BCUT2D eigenvalue weighted by Crippen LogP contribution is -2.33. The molecular formula is C10H12INO5. The SMILES string of the molecule is O=Cc1cc(I)cn1C1OC(CO)C(O)C1O. The van der Waals surface area contributed by atoms with Crippen molar-refractivity contribution in [1.82, 2.24) is 4.57 Å². The van der Waals surface area contributed by atoms with Gasteiger partial charge in [-0.2, -0.15) is 0 Å². The second-order valence-corrected chi connectivity index (χ2v) is 5.08. The molecule has 2 heterocycles. The normalized spacial score (nSPS) is 32.9. The summed E-state index contributed by atoms with van der Waals surface area (Å²) in [6.07, 6.45) is -1.74. The highest BCUT2D eigenvalue weighted by Crippen LogP contribution is 2.31. The van der Waals surface area contributed by atoms with Gasteiger partial charge in [-0.15, -0.1) is 0 Å². The summed E-state index contributed by atoms with van der Waals surface area (Å²) in [5.41, 5.74) is 0.351. The smallest absolute Gasteiger partial charge is 0.166 e. The Morgan fingerprint density at radius 2 is 2.18 bits per heavy atom. The molecule has 94 valence electrons. The van der Waals surface area contributed by atoms with Crippen molar-refractivity contribution in [3.8, 4) is 0 Å². The fourth-order valence-electron chi connectivity index (χ4n) is 1.89. The molecule has 7 heteroatoms. The van der Waals surface area contributed by atoms with Gasteiger partial charge < -0.3 is 24.6 Å². The van der Waals surface area contributed by atoms with Crippen molar-refractivity contribution in [3.63, 3.8) is 0 Å². The summed E-state index contributed by atoms with van der Waals surface area (Å²) >= 11 is 2.03. The molecule has 0 saturated carbocycles. The Morgan fingerprint density at radius 1 is 1.47 bits per heavy atom. The summed E-state index contributed by atoms with van der Waals surface area (Å²) in [6.45, 7) is -0.385. The summed E-state index contributed by atoms with van der Waals surface area (Å²) < 4.78 is 7.61. The molecule has 1 aliphatic heterocycles. The van der Waals surface area contributed by atoms with Gasteiger partial charge in [0.15, 0.2) is 12.5 Å². The van der Waals surface area contributed by atoms with E-state index in [1.54, 1.807) is 12.3 Å². The first kappa shape index (κ1) is 13.0. The van der Waals surface area contributed by atoms with Gasteiger partial charge in [-0.05, 0) is 28.7 Å². The van der Waals surface area contributed by atoms with Crippen LogP contribution in [-0.4, -0.2) is 51.1 Å². The average molecular weight is 353 g/mol. The van der Waals surface area contributed by atoms with Crippen molar-refractivity contribution in [2.24, 2.45) is 0 Å². The summed E-state index contributed by atoms with van der Waals surface area (Å²) in [4.78, 5) is 10.9. The van der Waals surface area contributed by atoms with E-state index in [1.807, 2.05) is 22.6 Å². The molecule has 0 aliphatic carbocycles. The van der Waals surface area contributed by atoms with Crippen LogP contribution in [0.15, 0.2) is 12.3 Å². The van der Waals surface area contributed by atoms with E-state index in [2.05, 4.69) is 0 Å². The van der Waals surface area contributed by atoms with Crippen LogP contribution in [0, 0.1) is 3.57 Å². The Hall–Kier alpha value is -0.480. The highest BCUT2D eigenvalue weighted by atomic mass is 127. The van der Waals surface area contributed by atoms with Crippen molar-refractivity contribution in [2.75, 3.05) is 6.61 Å². The van der Waals surface area contributed by atoms with E-state index in [0.717, 1.165) is 3.57 Å². The second-order valence-electron chi connectivity index (χ2n) is 3.84. The third-order valence-electron chi connectivity index (χ3n) is 2.76. The van der Waals surface area contributed by atoms with Gasteiger partial charge in [0.05, 0.1) is 12.3 Å². The first-order valence-corrected chi connectivity index (χ1v) is 6.11. The lowest BCUT2D eigenvalue weighted by molar-refractivity contribution is -0.0531. The van der Waals surface area contributed by atoms with Crippen molar-refractivity contribution in [3.05, 3.63) is 21.5 Å². The molecule has 0 amide bonds. The molecule has 1 saturated heterocycles. The minimum atomic E-state index is -1.17. The Morgan fingerprint density at radius 3 is 2.71 bits per heavy atom. The van der Waals surface area contributed by atoms with E-state index in [4.69, 9.17) is 9.84 Å². The van der Waals surface area contributed by atoms with Gasteiger partial charge in [0.25, 0.3) is 0 Å². The molecule has 4 unspecified atom stereocenters. The molecule has 3 N–H and O–H groups in total. The van der Waals surface area contributed by atoms with Crippen LogP contribution in [0.4, 0.5) is 0 Å². The number of aliphatic hydroxyl groups is 3. The topological polar surface area (TPSA) is 91.9 Å². The van der Waals surface area contributed by atoms with Crippen LogP contribution in [0.3, 0.4) is 0 Å².